The molecule has 3 atom stereocenters. The first kappa shape index (κ1) is 45.4. The van der Waals surface area contributed by atoms with Crippen molar-refractivity contribution >= 4 is 73.8 Å². The number of ketones is 1. The van der Waals surface area contributed by atoms with Crippen LogP contribution in [0.25, 0.3) is 0 Å². The average molecular weight is 856 g/mol. The van der Waals surface area contributed by atoms with Crippen molar-refractivity contribution in [3.8, 4) is 0 Å². The standard InChI is InChI=1S/C47H62NO6PSSi2/c1-12-32-53-45(51)44(55(35-22-16-13-17-23-35,36-24-18-14-19-25-36)37-26-20-15-21-27-37)48-39(42(43(48)50)34(2)54-58(10,11)46(3,4)5)33-40(49)41-29-28-38(56-41)30-31-47(6,7)57(8,9)52/h12-29,34,39,42,52H,1,30-33H2,2-11H3/t34-,39-,42-/m1/s1. The van der Waals surface area contributed by atoms with Gasteiger partial charge in [-0.05, 0) is 84.1 Å². The predicted octanol–water partition coefficient (Wildman–Crippen LogP) is 9.32. The number of rotatable bonds is 17. The summed E-state index contributed by atoms with van der Waals surface area (Å²) in [7, 11) is -4.77. The summed E-state index contributed by atoms with van der Waals surface area (Å²) >= 11 is 1.47. The van der Waals surface area contributed by atoms with Gasteiger partial charge >= 0.3 is 5.97 Å². The molecule has 0 spiro atoms. The fourth-order valence-electron chi connectivity index (χ4n) is 7.33. The Bertz CT molecular complexity index is 2030. The third-order valence-corrected chi connectivity index (χ3v) is 26.1. The van der Waals surface area contributed by atoms with Gasteiger partial charge in [-0.2, -0.15) is 0 Å². The topological polar surface area (TPSA) is 93.1 Å². The molecule has 0 unspecified atom stereocenters. The van der Waals surface area contributed by atoms with Crippen LogP contribution in [0, 0.1) is 5.92 Å². The number of hydrogen-bond donors (Lipinski definition) is 1. The molecule has 7 nitrogen and oxygen atoms in total. The van der Waals surface area contributed by atoms with Gasteiger partial charge in [0.2, 0.25) is 5.91 Å². The SMILES string of the molecule is C=CCOC(=O)C(N1C(=O)[C@H]([C@@H](C)O[Si](C)(C)C(C)(C)C)[C@H]1CC(=O)c1ccc(CCC(C)(C)[Si](C)(C)O)s1)=P(c1ccccc1)(c1ccccc1)c1ccccc1. The van der Waals surface area contributed by atoms with Crippen LogP contribution >= 0.6 is 18.2 Å². The second-order valence-electron chi connectivity index (χ2n) is 18.1. The van der Waals surface area contributed by atoms with Crippen LogP contribution in [0.15, 0.2) is 116 Å². The lowest BCUT2D eigenvalue weighted by molar-refractivity contribution is -0.156. The first-order valence-electron chi connectivity index (χ1n) is 20.2. The zero-order valence-corrected chi connectivity index (χ0v) is 39.7. The quantitative estimate of drug-likeness (QED) is 0.0284. The number of thiophene rings is 1. The number of nitrogens with zero attached hydrogens (tertiary/aromatic N) is 1. The maximum Gasteiger partial charge on any atom is 0.356 e. The number of ether oxygens (including phenoxy) is 1. The van der Waals surface area contributed by atoms with E-state index in [1.54, 1.807) is 4.90 Å². The second kappa shape index (κ2) is 17.9. The Morgan fingerprint density at radius 2 is 1.36 bits per heavy atom. The minimum Gasteiger partial charge on any atom is -0.457 e. The Hall–Kier alpha value is -3.64. The summed E-state index contributed by atoms with van der Waals surface area (Å²) in [6, 6.07) is 32.9. The maximum atomic E-state index is 15.2. The van der Waals surface area contributed by atoms with E-state index in [1.807, 2.05) is 123 Å². The van der Waals surface area contributed by atoms with Crippen LogP contribution in [0.2, 0.25) is 36.3 Å². The molecular weight excluding hydrogens is 794 g/mol. The van der Waals surface area contributed by atoms with Crippen molar-refractivity contribution in [2.45, 2.75) is 109 Å². The Kier molecular flexibility index (Phi) is 14.0. The van der Waals surface area contributed by atoms with Gasteiger partial charge in [0, 0.05) is 18.2 Å². The molecule has 2 heterocycles. The summed E-state index contributed by atoms with van der Waals surface area (Å²) in [5.41, 5.74) is 0.237. The van der Waals surface area contributed by atoms with E-state index in [4.69, 9.17) is 9.16 Å². The molecule has 1 N–H and O–H groups in total. The molecule has 1 aliphatic heterocycles. The molecule has 0 saturated carbocycles. The van der Waals surface area contributed by atoms with Crippen LogP contribution in [-0.2, 0) is 25.2 Å². The molecular formula is C47H62NO6PSSi2. The summed E-state index contributed by atoms with van der Waals surface area (Å²) < 4.78 is 12.9. The molecule has 58 heavy (non-hydrogen) atoms. The number of carbonyl (C=O) groups is 3. The van der Waals surface area contributed by atoms with Gasteiger partial charge in [0.15, 0.2) is 22.4 Å². The van der Waals surface area contributed by atoms with Gasteiger partial charge in [-0.1, -0.05) is 138 Å². The van der Waals surface area contributed by atoms with Gasteiger partial charge in [-0.15, -0.1) is 11.3 Å². The molecule has 3 aromatic carbocycles. The van der Waals surface area contributed by atoms with Crippen molar-refractivity contribution in [3.63, 3.8) is 0 Å². The zero-order valence-electron chi connectivity index (χ0n) is 36.0. The van der Waals surface area contributed by atoms with Crippen LogP contribution in [0.1, 0.15) is 68.9 Å². The molecule has 4 aromatic rings. The Labute approximate surface area is 352 Å². The van der Waals surface area contributed by atoms with Crippen molar-refractivity contribution in [2.75, 3.05) is 6.61 Å². The van der Waals surface area contributed by atoms with Crippen LogP contribution in [-0.4, -0.2) is 68.2 Å². The number of aryl methyl sites for hydroxylation is 1. The molecule has 1 aliphatic rings. The molecule has 1 aromatic heterocycles. The van der Waals surface area contributed by atoms with Gasteiger partial charge in [-0.25, -0.2) is 4.79 Å². The molecule has 11 heteroatoms. The van der Waals surface area contributed by atoms with Gasteiger partial charge in [-0.3, -0.25) is 9.59 Å². The number of likely N-dealkylation sites (tertiary alicyclic amines) is 1. The lowest BCUT2D eigenvalue weighted by atomic mass is 9.80. The van der Waals surface area contributed by atoms with Crippen LogP contribution < -0.4 is 15.9 Å². The van der Waals surface area contributed by atoms with Gasteiger partial charge in [0.25, 0.3) is 0 Å². The first-order valence-corrected chi connectivity index (χ1v) is 28.7. The molecule has 0 radical (unpaired) electrons. The van der Waals surface area contributed by atoms with E-state index in [0.29, 0.717) is 4.88 Å². The molecule has 1 amide bonds. The molecule has 0 aliphatic carbocycles. The smallest absolute Gasteiger partial charge is 0.356 e. The number of carbonyl (C=O) groups excluding carboxylic acids is 3. The number of Topliss-reactive ketones (excluding diaryl/α,β-unsaturated/α-hetero) is 1. The van der Waals surface area contributed by atoms with Crippen molar-refractivity contribution in [1.29, 1.82) is 0 Å². The van der Waals surface area contributed by atoms with E-state index in [1.165, 1.54) is 17.4 Å². The number of benzene rings is 3. The second-order valence-corrected chi connectivity index (χ2v) is 31.8. The normalized spacial score (nSPS) is 17.0. The number of hydrogen-bond acceptors (Lipinski definition) is 7. The summed E-state index contributed by atoms with van der Waals surface area (Å²) in [6.45, 7) is 21.5. The van der Waals surface area contributed by atoms with Gasteiger partial charge < -0.3 is 18.9 Å². The maximum absolute atomic E-state index is 15.2. The third kappa shape index (κ3) is 9.23. The third-order valence-electron chi connectivity index (χ3n) is 12.5. The van der Waals surface area contributed by atoms with Crippen LogP contribution in [0.4, 0.5) is 0 Å². The van der Waals surface area contributed by atoms with E-state index in [9.17, 15) is 9.59 Å². The van der Waals surface area contributed by atoms with Crippen LogP contribution in [0.3, 0.4) is 0 Å². The molecule has 1 saturated heterocycles. The van der Waals surface area contributed by atoms with Gasteiger partial charge in [0.1, 0.15) is 12.0 Å². The van der Waals surface area contributed by atoms with E-state index in [0.717, 1.165) is 33.6 Å². The minimum atomic E-state index is -3.18. The Morgan fingerprint density at radius 3 is 1.81 bits per heavy atom. The highest BCUT2D eigenvalue weighted by Gasteiger charge is 2.57. The van der Waals surface area contributed by atoms with Crippen molar-refractivity contribution in [1.82, 2.24) is 4.90 Å². The summed E-state index contributed by atoms with van der Waals surface area (Å²) in [5, 5.41) is 2.33. The van der Waals surface area contributed by atoms with E-state index in [2.05, 4.69) is 54.3 Å². The summed E-state index contributed by atoms with van der Waals surface area (Å²) in [5.74, 6) is -1.65. The monoisotopic (exact) mass is 855 g/mol. The molecule has 5 rings (SSSR count). The Morgan fingerprint density at radius 1 is 0.862 bits per heavy atom. The summed E-state index contributed by atoms with van der Waals surface area (Å²) in [6.07, 6.45) is 2.57. The summed E-state index contributed by atoms with van der Waals surface area (Å²) in [4.78, 5) is 59.0. The molecule has 1 fully saturated rings. The zero-order chi connectivity index (χ0) is 42.7. The first-order chi connectivity index (χ1) is 27.2. The number of esters is 1. The molecule has 310 valence electrons. The van der Waals surface area contributed by atoms with Crippen molar-refractivity contribution in [3.05, 3.63) is 126 Å². The van der Waals surface area contributed by atoms with E-state index >= 15 is 9.59 Å². The number of β-lactam (4-membered cyclic amide) rings is 1. The highest BCUT2D eigenvalue weighted by Crippen LogP contribution is 2.51. The number of amides is 1. The predicted molar refractivity (Wildman–Crippen MR) is 249 cm³/mol. The fraction of sp³-hybridized carbons (Fsp3) is 0.404. The fourth-order valence-corrected chi connectivity index (χ4v) is 14.9. The van der Waals surface area contributed by atoms with Crippen molar-refractivity contribution in [2.24, 2.45) is 5.92 Å². The van der Waals surface area contributed by atoms with Crippen LogP contribution in [0.5, 0.6) is 0 Å². The lowest BCUT2D eigenvalue weighted by Crippen LogP contribution is -2.69. The lowest BCUT2D eigenvalue weighted by Gasteiger charge is -2.53. The Balaban J connectivity index is 1.74. The highest BCUT2D eigenvalue weighted by molar-refractivity contribution is 7.96. The highest BCUT2D eigenvalue weighted by atomic mass is 32.1. The van der Waals surface area contributed by atoms with Crippen molar-refractivity contribution < 1.29 is 28.3 Å². The molecule has 0 bridgehead atoms. The van der Waals surface area contributed by atoms with Gasteiger partial charge in [0.05, 0.1) is 22.9 Å². The minimum absolute atomic E-state index is 0.000245. The largest absolute Gasteiger partial charge is 0.457 e. The van der Waals surface area contributed by atoms with E-state index < -0.39 is 47.6 Å². The average Bonchev–Trinajstić information content (AvgIpc) is 3.65. The van der Waals surface area contributed by atoms with E-state index in [-0.39, 0.29) is 40.2 Å².